The monoisotopic (exact) mass is 347 g/mol. The lowest BCUT2D eigenvalue weighted by atomic mass is 9.85. The fraction of sp³-hybridized carbons (Fsp3) is 0.571. The number of halogens is 2. The molecular formula is C14H19BrFNO3. The van der Waals surface area contributed by atoms with E-state index in [1.54, 1.807) is 13.2 Å². The molecule has 3 atom stereocenters. The second-order valence-corrected chi connectivity index (χ2v) is 5.54. The van der Waals surface area contributed by atoms with Crippen LogP contribution in [0.5, 0.6) is 5.75 Å². The SMILES string of the molecule is CNC1CC(Oc2cc(F)ccc2Br)C1OCCOC. The molecule has 1 fully saturated rings. The van der Waals surface area contributed by atoms with Crippen molar-refractivity contribution in [3.05, 3.63) is 28.5 Å². The summed E-state index contributed by atoms with van der Waals surface area (Å²) in [6.45, 7) is 1.06. The van der Waals surface area contributed by atoms with Crippen LogP contribution in [0, 0.1) is 5.82 Å². The first kappa shape index (κ1) is 15.7. The van der Waals surface area contributed by atoms with Crippen LogP contribution in [-0.4, -0.2) is 45.6 Å². The van der Waals surface area contributed by atoms with Crippen molar-refractivity contribution < 1.29 is 18.6 Å². The quantitative estimate of drug-likeness (QED) is 0.768. The molecule has 0 saturated heterocycles. The highest BCUT2D eigenvalue weighted by atomic mass is 79.9. The van der Waals surface area contributed by atoms with Crippen molar-refractivity contribution in [3.8, 4) is 5.75 Å². The highest BCUT2D eigenvalue weighted by Crippen LogP contribution is 2.33. The molecule has 6 heteroatoms. The average Bonchev–Trinajstić information content (AvgIpc) is 2.42. The summed E-state index contributed by atoms with van der Waals surface area (Å²) < 4.78 is 30.6. The summed E-state index contributed by atoms with van der Waals surface area (Å²) in [5.74, 6) is 0.189. The lowest BCUT2D eigenvalue weighted by Crippen LogP contribution is -2.60. The predicted molar refractivity (Wildman–Crippen MR) is 77.6 cm³/mol. The van der Waals surface area contributed by atoms with E-state index in [1.165, 1.54) is 12.1 Å². The van der Waals surface area contributed by atoms with Gasteiger partial charge in [0, 0.05) is 25.6 Å². The van der Waals surface area contributed by atoms with Crippen molar-refractivity contribution in [1.82, 2.24) is 5.32 Å². The van der Waals surface area contributed by atoms with Gasteiger partial charge in [0.1, 0.15) is 23.8 Å². The van der Waals surface area contributed by atoms with Crippen molar-refractivity contribution >= 4 is 15.9 Å². The Labute approximate surface area is 126 Å². The van der Waals surface area contributed by atoms with Crippen LogP contribution in [0.15, 0.2) is 22.7 Å². The molecule has 0 radical (unpaired) electrons. The van der Waals surface area contributed by atoms with Gasteiger partial charge in [-0.15, -0.1) is 0 Å². The van der Waals surface area contributed by atoms with E-state index < -0.39 is 0 Å². The summed E-state index contributed by atoms with van der Waals surface area (Å²) in [6.07, 6.45) is 0.699. The Kier molecular flexibility index (Phi) is 5.77. The lowest BCUT2D eigenvalue weighted by molar-refractivity contribution is -0.114. The molecule has 20 heavy (non-hydrogen) atoms. The predicted octanol–water partition coefficient (Wildman–Crippen LogP) is 2.36. The standard InChI is InChI=1S/C14H19BrFNO3/c1-17-11-8-13(14(11)19-6-5-18-2)20-12-7-9(16)3-4-10(12)15/h3-4,7,11,13-14,17H,5-6,8H2,1-2H3. The molecule has 1 aliphatic rings. The molecule has 1 aromatic carbocycles. The molecule has 0 aliphatic heterocycles. The molecule has 0 amide bonds. The largest absolute Gasteiger partial charge is 0.486 e. The summed E-state index contributed by atoms with van der Waals surface area (Å²) in [4.78, 5) is 0. The molecule has 1 saturated carbocycles. The van der Waals surface area contributed by atoms with Crippen LogP contribution in [0.4, 0.5) is 4.39 Å². The van der Waals surface area contributed by atoms with E-state index in [9.17, 15) is 4.39 Å². The van der Waals surface area contributed by atoms with Crippen molar-refractivity contribution in [2.75, 3.05) is 27.4 Å². The third-order valence-corrected chi connectivity index (χ3v) is 4.04. The summed E-state index contributed by atoms with van der Waals surface area (Å²) in [7, 11) is 3.53. The number of hydrogen-bond donors (Lipinski definition) is 1. The highest BCUT2D eigenvalue weighted by Gasteiger charge is 2.43. The van der Waals surface area contributed by atoms with Gasteiger partial charge >= 0.3 is 0 Å². The van der Waals surface area contributed by atoms with Gasteiger partial charge in [0.15, 0.2) is 0 Å². The molecule has 2 rings (SSSR count). The third kappa shape index (κ3) is 3.69. The van der Waals surface area contributed by atoms with Gasteiger partial charge in [-0.25, -0.2) is 4.39 Å². The summed E-state index contributed by atoms with van der Waals surface area (Å²) in [5, 5.41) is 3.19. The zero-order valence-electron chi connectivity index (χ0n) is 11.6. The minimum Gasteiger partial charge on any atom is -0.486 e. The molecule has 1 aliphatic carbocycles. The highest BCUT2D eigenvalue weighted by molar-refractivity contribution is 9.10. The number of hydrogen-bond acceptors (Lipinski definition) is 4. The van der Waals surface area contributed by atoms with Gasteiger partial charge in [-0.2, -0.15) is 0 Å². The number of rotatable bonds is 7. The van der Waals surface area contributed by atoms with Crippen LogP contribution in [0.2, 0.25) is 0 Å². The molecular weight excluding hydrogens is 329 g/mol. The van der Waals surface area contributed by atoms with E-state index in [-0.39, 0.29) is 24.1 Å². The van der Waals surface area contributed by atoms with Crippen LogP contribution in [-0.2, 0) is 9.47 Å². The van der Waals surface area contributed by atoms with E-state index in [0.717, 1.165) is 10.9 Å². The molecule has 3 unspecified atom stereocenters. The van der Waals surface area contributed by atoms with Gasteiger partial charge < -0.3 is 19.5 Å². The van der Waals surface area contributed by atoms with Crippen LogP contribution in [0.25, 0.3) is 0 Å². The van der Waals surface area contributed by atoms with E-state index >= 15 is 0 Å². The second-order valence-electron chi connectivity index (χ2n) is 4.69. The molecule has 0 bridgehead atoms. The van der Waals surface area contributed by atoms with E-state index in [1.807, 2.05) is 7.05 Å². The zero-order valence-corrected chi connectivity index (χ0v) is 13.2. The van der Waals surface area contributed by atoms with E-state index in [2.05, 4.69) is 21.2 Å². The minimum atomic E-state index is -0.315. The Morgan fingerprint density at radius 1 is 1.40 bits per heavy atom. The second kappa shape index (κ2) is 7.36. The van der Waals surface area contributed by atoms with Crippen molar-refractivity contribution in [2.24, 2.45) is 0 Å². The summed E-state index contributed by atoms with van der Waals surface area (Å²) in [6, 6.07) is 4.66. The molecule has 112 valence electrons. The van der Waals surface area contributed by atoms with Gasteiger partial charge in [-0.05, 0) is 35.1 Å². The normalized spacial score (nSPS) is 25.3. The van der Waals surface area contributed by atoms with Crippen LogP contribution in [0.1, 0.15) is 6.42 Å². The third-order valence-electron chi connectivity index (χ3n) is 3.39. The number of nitrogens with one attached hydrogen (secondary N) is 1. The maximum absolute atomic E-state index is 13.2. The molecule has 1 N–H and O–H groups in total. The van der Waals surface area contributed by atoms with Crippen LogP contribution >= 0.6 is 15.9 Å². The first-order chi connectivity index (χ1) is 9.65. The molecule has 4 nitrogen and oxygen atoms in total. The van der Waals surface area contributed by atoms with Crippen molar-refractivity contribution in [2.45, 2.75) is 24.7 Å². The first-order valence-corrected chi connectivity index (χ1v) is 7.34. The zero-order chi connectivity index (χ0) is 14.5. The summed E-state index contributed by atoms with van der Waals surface area (Å²) >= 11 is 3.36. The van der Waals surface area contributed by atoms with Crippen LogP contribution in [0.3, 0.4) is 0 Å². The van der Waals surface area contributed by atoms with Gasteiger partial charge in [-0.3, -0.25) is 0 Å². The fourth-order valence-electron chi connectivity index (χ4n) is 2.20. The van der Waals surface area contributed by atoms with E-state index in [0.29, 0.717) is 19.0 Å². The molecule has 1 aromatic rings. The van der Waals surface area contributed by atoms with Crippen LogP contribution < -0.4 is 10.1 Å². The van der Waals surface area contributed by atoms with E-state index in [4.69, 9.17) is 14.2 Å². The number of benzene rings is 1. The van der Waals surface area contributed by atoms with Gasteiger partial charge in [-0.1, -0.05) is 0 Å². The molecule has 0 heterocycles. The topological polar surface area (TPSA) is 39.7 Å². The van der Waals surface area contributed by atoms with Gasteiger partial charge in [0.05, 0.1) is 17.7 Å². The van der Waals surface area contributed by atoms with Gasteiger partial charge in [0.25, 0.3) is 0 Å². The Balaban J connectivity index is 1.95. The minimum absolute atomic E-state index is 0.0506. The van der Waals surface area contributed by atoms with Gasteiger partial charge in [0.2, 0.25) is 0 Å². The van der Waals surface area contributed by atoms with Crippen molar-refractivity contribution in [1.29, 1.82) is 0 Å². The number of likely N-dealkylation sites (N-methyl/N-ethyl adjacent to an activating group) is 1. The first-order valence-electron chi connectivity index (χ1n) is 6.55. The maximum Gasteiger partial charge on any atom is 0.136 e. The molecule has 0 aromatic heterocycles. The Morgan fingerprint density at radius 2 is 2.20 bits per heavy atom. The fourth-order valence-corrected chi connectivity index (χ4v) is 2.54. The van der Waals surface area contributed by atoms with Crippen molar-refractivity contribution in [3.63, 3.8) is 0 Å². The lowest BCUT2D eigenvalue weighted by Gasteiger charge is -2.43. The molecule has 0 spiro atoms. The number of methoxy groups -OCH3 is 1. The maximum atomic E-state index is 13.2. The average molecular weight is 348 g/mol. The Hall–Kier alpha value is -0.690. The number of ether oxygens (including phenoxy) is 3. The Morgan fingerprint density at radius 3 is 2.90 bits per heavy atom. The Bertz CT molecular complexity index is 446. The smallest absolute Gasteiger partial charge is 0.136 e. The summed E-state index contributed by atoms with van der Waals surface area (Å²) in [5.41, 5.74) is 0.